The molecule has 134 valence electrons. The van der Waals surface area contributed by atoms with Gasteiger partial charge in [-0.1, -0.05) is 0 Å². The Morgan fingerprint density at radius 1 is 1.46 bits per heavy atom. The molecule has 1 aliphatic carbocycles. The quantitative estimate of drug-likeness (QED) is 0.757. The third-order valence-corrected chi connectivity index (χ3v) is 4.97. The van der Waals surface area contributed by atoms with Crippen LogP contribution in [0.1, 0.15) is 18.4 Å². The molecule has 3 atom stereocenters. The Balaban J connectivity index is 1.50. The second-order valence-electron chi connectivity index (χ2n) is 7.11. The summed E-state index contributed by atoms with van der Waals surface area (Å²) in [5, 5.41) is 4.26. The fourth-order valence-corrected chi connectivity index (χ4v) is 3.69. The van der Waals surface area contributed by atoms with Gasteiger partial charge in [-0.25, -0.2) is 0 Å². The molecule has 0 aromatic carbocycles. The maximum Gasteiger partial charge on any atom is 0.248 e. The zero-order chi connectivity index (χ0) is 17.1. The minimum atomic E-state index is 0.0138. The minimum absolute atomic E-state index is 0.0138. The van der Waals surface area contributed by atoms with Gasteiger partial charge >= 0.3 is 0 Å². The van der Waals surface area contributed by atoms with Crippen molar-refractivity contribution in [1.29, 1.82) is 0 Å². The summed E-state index contributed by atoms with van der Waals surface area (Å²) in [6.45, 7) is 3.47. The third kappa shape index (κ3) is 4.15. The van der Waals surface area contributed by atoms with Crippen LogP contribution in [0.3, 0.4) is 0 Å². The SMILES string of the molecule is CN(C)C(=O)COC[C@H]1C[C@@H]2[C@@H](C1)OCCN2Cc1cnn(C)c1. The number of carbonyl (C=O) groups excluding carboxylic acids is 1. The smallest absolute Gasteiger partial charge is 0.248 e. The van der Waals surface area contributed by atoms with Gasteiger partial charge in [-0.05, 0) is 18.8 Å². The molecule has 1 aromatic rings. The average Bonchev–Trinajstić information content (AvgIpc) is 3.13. The highest BCUT2D eigenvalue weighted by molar-refractivity contribution is 5.76. The van der Waals surface area contributed by atoms with Crippen molar-refractivity contribution in [2.24, 2.45) is 13.0 Å². The Morgan fingerprint density at radius 3 is 3.00 bits per heavy atom. The Hall–Kier alpha value is -1.44. The van der Waals surface area contributed by atoms with E-state index in [9.17, 15) is 4.79 Å². The molecule has 24 heavy (non-hydrogen) atoms. The molecule has 0 N–H and O–H groups in total. The van der Waals surface area contributed by atoms with Crippen molar-refractivity contribution in [3.05, 3.63) is 18.0 Å². The van der Waals surface area contributed by atoms with E-state index in [0.717, 1.165) is 32.5 Å². The molecule has 0 unspecified atom stereocenters. The Kier molecular flexibility index (Phi) is 5.53. The molecule has 0 radical (unpaired) electrons. The second kappa shape index (κ2) is 7.63. The highest BCUT2D eigenvalue weighted by atomic mass is 16.5. The molecule has 1 saturated carbocycles. The van der Waals surface area contributed by atoms with Crippen molar-refractivity contribution in [3.8, 4) is 0 Å². The lowest BCUT2D eigenvalue weighted by molar-refractivity contribution is -0.134. The van der Waals surface area contributed by atoms with Gasteiger partial charge in [-0.2, -0.15) is 5.10 Å². The lowest BCUT2D eigenvalue weighted by Gasteiger charge is -2.37. The summed E-state index contributed by atoms with van der Waals surface area (Å²) in [7, 11) is 5.45. The van der Waals surface area contributed by atoms with Gasteiger partial charge in [0.05, 0.1) is 25.5 Å². The molecular formula is C17H28N4O3. The zero-order valence-electron chi connectivity index (χ0n) is 14.9. The predicted molar refractivity (Wildman–Crippen MR) is 89.4 cm³/mol. The summed E-state index contributed by atoms with van der Waals surface area (Å²) >= 11 is 0. The van der Waals surface area contributed by atoms with Crippen LogP contribution < -0.4 is 0 Å². The van der Waals surface area contributed by atoms with Crippen LogP contribution in [0.25, 0.3) is 0 Å². The number of hydrogen-bond acceptors (Lipinski definition) is 5. The molecule has 1 aliphatic heterocycles. The van der Waals surface area contributed by atoms with Crippen LogP contribution in [-0.4, -0.2) is 78.1 Å². The van der Waals surface area contributed by atoms with Crippen LogP contribution >= 0.6 is 0 Å². The van der Waals surface area contributed by atoms with Crippen LogP contribution in [0, 0.1) is 5.92 Å². The van der Waals surface area contributed by atoms with Crippen molar-refractivity contribution >= 4 is 5.91 Å². The van der Waals surface area contributed by atoms with Crippen LogP contribution in [0.2, 0.25) is 0 Å². The topological polar surface area (TPSA) is 59.8 Å². The number of aromatic nitrogens is 2. The van der Waals surface area contributed by atoms with Crippen LogP contribution in [0.15, 0.2) is 12.4 Å². The molecule has 0 spiro atoms. The van der Waals surface area contributed by atoms with E-state index < -0.39 is 0 Å². The van der Waals surface area contributed by atoms with E-state index in [1.165, 1.54) is 5.56 Å². The largest absolute Gasteiger partial charge is 0.375 e. The zero-order valence-corrected chi connectivity index (χ0v) is 14.9. The number of ether oxygens (including phenoxy) is 2. The third-order valence-electron chi connectivity index (χ3n) is 4.97. The minimum Gasteiger partial charge on any atom is -0.375 e. The first-order chi connectivity index (χ1) is 11.5. The predicted octanol–water partition coefficient (Wildman–Crippen LogP) is 0.504. The van der Waals surface area contributed by atoms with Gasteiger partial charge in [0.2, 0.25) is 5.91 Å². The summed E-state index contributed by atoms with van der Waals surface area (Å²) in [4.78, 5) is 15.7. The molecule has 0 bridgehead atoms. The molecule has 3 rings (SSSR count). The summed E-state index contributed by atoms with van der Waals surface area (Å²) in [6.07, 6.45) is 6.39. The summed E-state index contributed by atoms with van der Waals surface area (Å²) < 4.78 is 13.5. The first kappa shape index (κ1) is 17.4. The molecule has 1 aromatic heterocycles. The number of fused-ring (bicyclic) bond motifs is 1. The molecule has 1 amide bonds. The lowest BCUT2D eigenvalue weighted by atomic mass is 10.1. The van der Waals surface area contributed by atoms with Crippen molar-refractivity contribution in [2.45, 2.75) is 31.5 Å². The van der Waals surface area contributed by atoms with E-state index in [1.807, 2.05) is 17.9 Å². The Morgan fingerprint density at radius 2 is 2.29 bits per heavy atom. The number of amides is 1. The fourth-order valence-electron chi connectivity index (χ4n) is 3.69. The van der Waals surface area contributed by atoms with E-state index in [2.05, 4.69) is 16.2 Å². The monoisotopic (exact) mass is 336 g/mol. The number of morpholine rings is 1. The van der Waals surface area contributed by atoms with Gasteiger partial charge in [0.1, 0.15) is 6.61 Å². The van der Waals surface area contributed by atoms with E-state index in [-0.39, 0.29) is 18.6 Å². The van der Waals surface area contributed by atoms with Gasteiger partial charge < -0.3 is 14.4 Å². The summed E-state index contributed by atoms with van der Waals surface area (Å²) in [6, 6.07) is 0.442. The second-order valence-corrected chi connectivity index (χ2v) is 7.11. The van der Waals surface area contributed by atoms with Crippen molar-refractivity contribution in [2.75, 3.05) is 40.5 Å². The van der Waals surface area contributed by atoms with Crippen molar-refractivity contribution in [3.63, 3.8) is 0 Å². The molecule has 2 aliphatic rings. The molecule has 2 heterocycles. The van der Waals surface area contributed by atoms with Gasteiger partial charge in [0, 0.05) is 52.0 Å². The first-order valence-electron chi connectivity index (χ1n) is 8.64. The van der Waals surface area contributed by atoms with Crippen LogP contribution in [-0.2, 0) is 27.9 Å². The molecule has 1 saturated heterocycles. The maximum absolute atomic E-state index is 11.6. The summed E-state index contributed by atoms with van der Waals surface area (Å²) in [5.41, 5.74) is 1.24. The van der Waals surface area contributed by atoms with E-state index in [0.29, 0.717) is 18.6 Å². The number of aryl methyl sites for hydroxylation is 1. The normalized spacial score (nSPS) is 27.2. The van der Waals surface area contributed by atoms with E-state index in [4.69, 9.17) is 9.47 Å². The maximum atomic E-state index is 11.6. The number of nitrogens with zero attached hydrogens (tertiary/aromatic N) is 4. The van der Waals surface area contributed by atoms with Gasteiger partial charge in [0.25, 0.3) is 0 Å². The van der Waals surface area contributed by atoms with Gasteiger partial charge in [-0.3, -0.25) is 14.4 Å². The Labute approximate surface area is 143 Å². The summed E-state index contributed by atoms with van der Waals surface area (Å²) in [5.74, 6) is 0.476. The van der Waals surface area contributed by atoms with Crippen molar-refractivity contribution in [1.82, 2.24) is 19.6 Å². The Bertz CT molecular complexity index is 560. The molecule has 2 fully saturated rings. The van der Waals surface area contributed by atoms with E-state index >= 15 is 0 Å². The first-order valence-corrected chi connectivity index (χ1v) is 8.64. The van der Waals surface area contributed by atoms with Gasteiger partial charge in [0.15, 0.2) is 0 Å². The number of carbonyl (C=O) groups is 1. The molecule has 7 nitrogen and oxygen atoms in total. The molecular weight excluding hydrogens is 308 g/mol. The number of likely N-dealkylation sites (N-methyl/N-ethyl adjacent to an activating group) is 1. The fraction of sp³-hybridized carbons (Fsp3) is 0.765. The number of hydrogen-bond donors (Lipinski definition) is 0. The number of rotatable bonds is 6. The lowest BCUT2D eigenvalue weighted by Crippen LogP contribution is -2.47. The van der Waals surface area contributed by atoms with Crippen molar-refractivity contribution < 1.29 is 14.3 Å². The standard InChI is InChI=1S/C17H28N4O3/c1-19(2)17(22)12-23-11-13-6-15-16(7-13)24-5-4-21(15)10-14-8-18-20(3)9-14/h8-9,13,15-16H,4-7,10-12H2,1-3H3/t13-,15+,16+/m0/s1. The van der Waals surface area contributed by atoms with Gasteiger partial charge in [-0.15, -0.1) is 0 Å². The highest BCUT2D eigenvalue weighted by Crippen LogP contribution is 2.35. The van der Waals surface area contributed by atoms with Crippen LogP contribution in [0.5, 0.6) is 0 Å². The highest BCUT2D eigenvalue weighted by Gasteiger charge is 2.41. The molecule has 7 heteroatoms. The average molecular weight is 336 g/mol. The van der Waals surface area contributed by atoms with E-state index in [1.54, 1.807) is 19.0 Å². The van der Waals surface area contributed by atoms with Crippen LogP contribution in [0.4, 0.5) is 0 Å².